The summed E-state index contributed by atoms with van der Waals surface area (Å²) in [5.41, 5.74) is 0.302. The Morgan fingerprint density at radius 2 is 2.05 bits per heavy atom. The molecule has 0 spiro atoms. The van der Waals surface area contributed by atoms with E-state index in [0.29, 0.717) is 12.0 Å². The topological polar surface area (TPSA) is 28.2 Å². The molecular weight excluding hydrogens is 262 g/mol. The van der Waals surface area contributed by atoms with Gasteiger partial charge < -0.3 is 10.2 Å². The van der Waals surface area contributed by atoms with Gasteiger partial charge in [-0.3, -0.25) is 0 Å². The molecule has 0 atom stereocenters. The summed E-state index contributed by atoms with van der Waals surface area (Å²) >= 11 is 0. The van der Waals surface area contributed by atoms with Crippen LogP contribution in [-0.2, 0) is 6.54 Å². The Morgan fingerprint density at radius 1 is 1.37 bits per heavy atom. The second-order valence-electron chi connectivity index (χ2n) is 4.17. The minimum Gasteiger partial charge on any atom is -0.345 e. The summed E-state index contributed by atoms with van der Waals surface area (Å²) in [6.45, 7) is 0.881. The molecule has 0 unspecified atom stereocenters. The summed E-state index contributed by atoms with van der Waals surface area (Å²) in [6.07, 6.45) is -2.58. The highest BCUT2D eigenvalue weighted by atomic mass is 19.4. The van der Waals surface area contributed by atoms with E-state index in [1.54, 1.807) is 14.0 Å². The lowest BCUT2D eigenvalue weighted by Gasteiger charge is -2.25. The van der Waals surface area contributed by atoms with Gasteiger partial charge in [-0.1, -0.05) is 6.92 Å². The molecule has 1 heterocycles. The van der Waals surface area contributed by atoms with Gasteiger partial charge in [-0.05, 0) is 19.5 Å². The van der Waals surface area contributed by atoms with Gasteiger partial charge in [0.2, 0.25) is 0 Å². The van der Waals surface area contributed by atoms with E-state index in [9.17, 15) is 17.6 Å². The molecule has 1 aromatic heterocycles. The van der Waals surface area contributed by atoms with Crippen molar-refractivity contribution in [2.24, 2.45) is 0 Å². The van der Waals surface area contributed by atoms with Crippen molar-refractivity contribution in [1.29, 1.82) is 0 Å². The molecule has 3 nitrogen and oxygen atoms in total. The summed E-state index contributed by atoms with van der Waals surface area (Å²) in [6, 6.07) is 1.45. The quantitative estimate of drug-likeness (QED) is 0.812. The third-order valence-corrected chi connectivity index (χ3v) is 2.48. The van der Waals surface area contributed by atoms with E-state index in [1.165, 1.54) is 12.3 Å². The molecule has 0 saturated heterocycles. The molecule has 19 heavy (non-hydrogen) atoms. The first kappa shape index (κ1) is 15.7. The van der Waals surface area contributed by atoms with Crippen molar-refractivity contribution in [3.8, 4) is 0 Å². The fraction of sp³-hybridized carbons (Fsp3) is 0.583. The summed E-state index contributed by atoms with van der Waals surface area (Å²) in [5.74, 6) is -0.943. The molecule has 108 valence electrons. The van der Waals surface area contributed by atoms with E-state index < -0.39 is 18.5 Å². The number of rotatable bonds is 6. The normalized spacial score (nSPS) is 11.7. The van der Waals surface area contributed by atoms with E-state index >= 15 is 0 Å². The highest BCUT2D eigenvalue weighted by molar-refractivity contribution is 5.43. The van der Waals surface area contributed by atoms with E-state index in [4.69, 9.17) is 0 Å². The first-order chi connectivity index (χ1) is 8.89. The van der Waals surface area contributed by atoms with E-state index in [-0.39, 0.29) is 18.9 Å². The molecule has 0 aliphatic heterocycles. The lowest BCUT2D eigenvalue weighted by molar-refractivity contribution is -0.119. The Bertz CT molecular complexity index is 406. The number of nitrogens with zero attached hydrogens (tertiary/aromatic N) is 2. The zero-order valence-electron chi connectivity index (χ0n) is 10.9. The van der Waals surface area contributed by atoms with Gasteiger partial charge in [-0.15, -0.1) is 0 Å². The van der Waals surface area contributed by atoms with Crippen LogP contribution in [0.4, 0.5) is 23.4 Å². The van der Waals surface area contributed by atoms with Crippen molar-refractivity contribution in [1.82, 2.24) is 10.3 Å². The smallest absolute Gasteiger partial charge is 0.345 e. The van der Waals surface area contributed by atoms with Crippen molar-refractivity contribution >= 4 is 5.82 Å². The monoisotopic (exact) mass is 279 g/mol. The first-order valence-electron chi connectivity index (χ1n) is 5.98. The van der Waals surface area contributed by atoms with Crippen LogP contribution in [0.15, 0.2) is 12.3 Å². The first-order valence-corrected chi connectivity index (χ1v) is 5.98. The van der Waals surface area contributed by atoms with Crippen LogP contribution in [0.5, 0.6) is 0 Å². The van der Waals surface area contributed by atoms with Crippen molar-refractivity contribution in [3.05, 3.63) is 23.6 Å². The second kappa shape index (κ2) is 6.70. The van der Waals surface area contributed by atoms with E-state index in [2.05, 4.69) is 10.3 Å². The minimum absolute atomic E-state index is 0.104. The van der Waals surface area contributed by atoms with Gasteiger partial charge in [-0.25, -0.2) is 9.37 Å². The molecule has 0 fully saturated rings. The fourth-order valence-corrected chi connectivity index (χ4v) is 1.76. The van der Waals surface area contributed by atoms with Crippen LogP contribution in [0, 0.1) is 5.82 Å². The maximum atomic E-state index is 14.1. The minimum atomic E-state index is -4.39. The van der Waals surface area contributed by atoms with Crippen molar-refractivity contribution in [2.75, 3.05) is 25.0 Å². The lowest BCUT2D eigenvalue weighted by Crippen LogP contribution is -2.36. The highest BCUT2D eigenvalue weighted by Gasteiger charge is 2.32. The second-order valence-corrected chi connectivity index (χ2v) is 4.17. The Kier molecular flexibility index (Phi) is 5.53. The summed E-state index contributed by atoms with van der Waals surface area (Å²) < 4.78 is 51.6. The van der Waals surface area contributed by atoms with Gasteiger partial charge in [0.25, 0.3) is 0 Å². The number of alkyl halides is 3. The van der Waals surface area contributed by atoms with Crippen LogP contribution in [0.25, 0.3) is 0 Å². The molecule has 0 aliphatic carbocycles. The zero-order chi connectivity index (χ0) is 14.5. The maximum absolute atomic E-state index is 14.1. The molecule has 1 aromatic rings. The number of halogens is 4. The van der Waals surface area contributed by atoms with Crippen molar-refractivity contribution in [3.63, 3.8) is 0 Å². The average Bonchev–Trinajstić information content (AvgIpc) is 2.30. The number of hydrogen-bond donors (Lipinski definition) is 1. The number of aromatic nitrogens is 1. The molecule has 0 bridgehead atoms. The van der Waals surface area contributed by atoms with Crippen LogP contribution >= 0.6 is 0 Å². The fourth-order valence-electron chi connectivity index (χ4n) is 1.76. The van der Waals surface area contributed by atoms with Gasteiger partial charge >= 0.3 is 6.18 Å². The van der Waals surface area contributed by atoms with Crippen LogP contribution in [-0.4, -0.2) is 31.3 Å². The highest BCUT2D eigenvalue weighted by Crippen LogP contribution is 2.24. The SMILES string of the molecule is CCCN(CC(F)(F)F)c1nccc(CNC)c1F. The molecular formula is C12H17F4N3. The third-order valence-electron chi connectivity index (χ3n) is 2.48. The van der Waals surface area contributed by atoms with Gasteiger partial charge in [0.1, 0.15) is 6.54 Å². The lowest BCUT2D eigenvalue weighted by atomic mass is 10.2. The summed E-state index contributed by atoms with van der Waals surface area (Å²) in [7, 11) is 1.64. The van der Waals surface area contributed by atoms with E-state index in [1.807, 2.05) is 0 Å². The summed E-state index contributed by atoms with van der Waals surface area (Å²) in [4.78, 5) is 4.67. The zero-order valence-corrected chi connectivity index (χ0v) is 10.9. The number of anilines is 1. The molecule has 0 aliphatic rings. The van der Waals surface area contributed by atoms with Crippen LogP contribution in [0.2, 0.25) is 0 Å². The average molecular weight is 279 g/mol. The standard InChI is InChI=1S/C12H17F4N3/c1-3-6-19(8-12(14,15)16)11-10(13)9(7-17-2)4-5-18-11/h4-5,17H,3,6-8H2,1-2H3. The Morgan fingerprint density at radius 3 is 2.58 bits per heavy atom. The van der Waals surface area contributed by atoms with Crippen molar-refractivity contribution < 1.29 is 17.6 Å². The van der Waals surface area contributed by atoms with Crippen LogP contribution in [0.1, 0.15) is 18.9 Å². The molecule has 7 heteroatoms. The molecule has 0 aromatic carbocycles. The number of hydrogen-bond acceptors (Lipinski definition) is 3. The van der Waals surface area contributed by atoms with Gasteiger partial charge in [0.05, 0.1) is 0 Å². The predicted octanol–water partition coefficient (Wildman–Crippen LogP) is 2.72. The molecule has 1 N–H and O–H groups in total. The Balaban J connectivity index is 3.05. The van der Waals surface area contributed by atoms with Crippen LogP contribution < -0.4 is 10.2 Å². The largest absolute Gasteiger partial charge is 0.405 e. The van der Waals surface area contributed by atoms with E-state index in [0.717, 1.165) is 4.90 Å². The molecule has 0 radical (unpaired) electrons. The van der Waals surface area contributed by atoms with Crippen molar-refractivity contribution in [2.45, 2.75) is 26.1 Å². The Labute approximate surface area is 109 Å². The van der Waals surface area contributed by atoms with Gasteiger partial charge in [0, 0.05) is 24.8 Å². The Hall–Kier alpha value is -1.37. The number of nitrogens with one attached hydrogen (secondary N) is 1. The summed E-state index contributed by atoms with van der Waals surface area (Å²) in [5, 5.41) is 2.76. The van der Waals surface area contributed by atoms with Crippen LogP contribution in [0.3, 0.4) is 0 Å². The predicted molar refractivity (Wildman–Crippen MR) is 65.5 cm³/mol. The van der Waals surface area contributed by atoms with Gasteiger partial charge in [-0.2, -0.15) is 13.2 Å². The number of pyridine rings is 1. The molecule has 0 saturated carbocycles. The molecule has 1 rings (SSSR count). The van der Waals surface area contributed by atoms with Gasteiger partial charge in [0.15, 0.2) is 11.6 Å². The third kappa shape index (κ3) is 4.66. The molecule has 0 amide bonds. The maximum Gasteiger partial charge on any atom is 0.405 e.